The SMILES string of the molecule is CCN1CCC(O)(Cc2ncc(C)c(OC)c2C)CC1. The minimum atomic E-state index is -0.621. The maximum Gasteiger partial charge on any atom is 0.128 e. The monoisotopic (exact) mass is 278 g/mol. The summed E-state index contributed by atoms with van der Waals surface area (Å²) in [6, 6.07) is 0. The molecule has 0 radical (unpaired) electrons. The predicted molar refractivity (Wildman–Crippen MR) is 80.3 cm³/mol. The van der Waals surface area contributed by atoms with Gasteiger partial charge in [-0.05, 0) is 33.2 Å². The summed E-state index contributed by atoms with van der Waals surface area (Å²) < 4.78 is 5.44. The number of hydrogen-bond donors (Lipinski definition) is 1. The molecule has 0 saturated carbocycles. The van der Waals surface area contributed by atoms with Crippen LogP contribution in [0.4, 0.5) is 0 Å². The molecule has 0 bridgehead atoms. The Morgan fingerprint density at radius 3 is 2.55 bits per heavy atom. The van der Waals surface area contributed by atoms with E-state index < -0.39 is 5.60 Å². The third-order valence-electron chi connectivity index (χ3n) is 4.48. The van der Waals surface area contributed by atoms with Gasteiger partial charge in [-0.15, -0.1) is 0 Å². The second kappa shape index (κ2) is 6.10. The summed E-state index contributed by atoms with van der Waals surface area (Å²) in [7, 11) is 1.69. The summed E-state index contributed by atoms with van der Waals surface area (Å²) in [5.41, 5.74) is 2.43. The highest BCUT2D eigenvalue weighted by atomic mass is 16.5. The molecule has 1 saturated heterocycles. The van der Waals surface area contributed by atoms with E-state index in [9.17, 15) is 5.11 Å². The standard InChI is InChI=1S/C16H26N2O2/c1-5-18-8-6-16(19,7-9-18)10-14-13(3)15(20-4)12(2)11-17-14/h11,19H,5-10H2,1-4H3. The van der Waals surface area contributed by atoms with Gasteiger partial charge in [0.05, 0.1) is 12.7 Å². The zero-order valence-corrected chi connectivity index (χ0v) is 13.1. The first-order valence-electron chi connectivity index (χ1n) is 7.43. The molecule has 0 spiro atoms. The summed E-state index contributed by atoms with van der Waals surface area (Å²) in [5, 5.41) is 10.8. The lowest BCUT2D eigenvalue weighted by atomic mass is 9.85. The molecule has 0 unspecified atom stereocenters. The molecule has 1 fully saturated rings. The van der Waals surface area contributed by atoms with Crippen molar-refractivity contribution in [2.24, 2.45) is 0 Å². The molecule has 4 nitrogen and oxygen atoms in total. The minimum absolute atomic E-state index is 0.618. The van der Waals surface area contributed by atoms with Gasteiger partial charge < -0.3 is 14.7 Å². The summed E-state index contributed by atoms with van der Waals surface area (Å²) >= 11 is 0. The van der Waals surface area contributed by atoms with Crippen molar-refractivity contribution >= 4 is 0 Å². The molecule has 112 valence electrons. The number of methoxy groups -OCH3 is 1. The van der Waals surface area contributed by atoms with E-state index >= 15 is 0 Å². The van der Waals surface area contributed by atoms with E-state index in [0.29, 0.717) is 6.42 Å². The molecule has 1 aliphatic heterocycles. The molecular weight excluding hydrogens is 252 g/mol. The fourth-order valence-corrected chi connectivity index (χ4v) is 3.02. The fourth-order valence-electron chi connectivity index (χ4n) is 3.02. The number of likely N-dealkylation sites (tertiary alicyclic amines) is 1. The molecule has 1 aliphatic rings. The molecule has 20 heavy (non-hydrogen) atoms. The second-order valence-electron chi connectivity index (χ2n) is 5.88. The lowest BCUT2D eigenvalue weighted by Gasteiger charge is -2.38. The first-order chi connectivity index (χ1) is 9.49. The molecular formula is C16H26N2O2. The largest absolute Gasteiger partial charge is 0.496 e. The lowest BCUT2D eigenvalue weighted by Crippen LogP contribution is -2.45. The van der Waals surface area contributed by atoms with Gasteiger partial charge in [0.2, 0.25) is 0 Å². The van der Waals surface area contributed by atoms with Crippen LogP contribution < -0.4 is 4.74 Å². The predicted octanol–water partition coefficient (Wildman–Crippen LogP) is 2.10. The van der Waals surface area contributed by atoms with Crippen molar-refractivity contribution in [2.45, 2.75) is 45.6 Å². The summed E-state index contributed by atoms with van der Waals surface area (Å²) in [6.45, 7) is 9.19. The van der Waals surface area contributed by atoms with E-state index in [1.54, 1.807) is 7.11 Å². The molecule has 0 atom stereocenters. The smallest absolute Gasteiger partial charge is 0.128 e. The van der Waals surface area contributed by atoms with Crippen LogP contribution >= 0.6 is 0 Å². The molecule has 1 aromatic rings. The topological polar surface area (TPSA) is 45.6 Å². The third kappa shape index (κ3) is 3.13. The quantitative estimate of drug-likeness (QED) is 0.916. The second-order valence-corrected chi connectivity index (χ2v) is 5.88. The normalized spacial score (nSPS) is 19.1. The van der Waals surface area contributed by atoms with Crippen molar-refractivity contribution in [2.75, 3.05) is 26.7 Å². The molecule has 2 heterocycles. The highest BCUT2D eigenvalue weighted by Crippen LogP contribution is 2.30. The number of aryl methyl sites for hydroxylation is 1. The van der Waals surface area contributed by atoms with Gasteiger partial charge in [0, 0.05) is 42.5 Å². The van der Waals surface area contributed by atoms with E-state index in [1.165, 1.54) is 0 Å². The Labute approximate surface area is 121 Å². The minimum Gasteiger partial charge on any atom is -0.496 e. The van der Waals surface area contributed by atoms with Gasteiger partial charge >= 0.3 is 0 Å². The van der Waals surface area contributed by atoms with Gasteiger partial charge in [-0.25, -0.2) is 0 Å². The van der Waals surface area contributed by atoms with Crippen molar-refractivity contribution in [3.05, 3.63) is 23.0 Å². The van der Waals surface area contributed by atoms with Crippen LogP contribution in [-0.2, 0) is 6.42 Å². The van der Waals surface area contributed by atoms with Crippen LogP contribution in [0.1, 0.15) is 36.6 Å². The summed E-state index contributed by atoms with van der Waals surface area (Å²) in [4.78, 5) is 6.89. The van der Waals surface area contributed by atoms with Gasteiger partial charge in [-0.3, -0.25) is 4.98 Å². The number of pyridine rings is 1. The zero-order valence-electron chi connectivity index (χ0n) is 13.1. The maximum absolute atomic E-state index is 10.8. The average Bonchev–Trinajstić information content (AvgIpc) is 2.44. The van der Waals surface area contributed by atoms with Gasteiger partial charge in [0.1, 0.15) is 5.75 Å². The molecule has 1 N–H and O–H groups in total. The van der Waals surface area contributed by atoms with Crippen LogP contribution in [0.25, 0.3) is 0 Å². The molecule has 0 aliphatic carbocycles. The van der Waals surface area contributed by atoms with Crippen LogP contribution in [0, 0.1) is 13.8 Å². The van der Waals surface area contributed by atoms with Crippen LogP contribution in [-0.4, -0.2) is 47.3 Å². The lowest BCUT2D eigenvalue weighted by molar-refractivity contribution is -0.0202. The van der Waals surface area contributed by atoms with Gasteiger partial charge in [-0.1, -0.05) is 6.92 Å². The Morgan fingerprint density at radius 1 is 1.35 bits per heavy atom. The number of aromatic nitrogens is 1. The van der Waals surface area contributed by atoms with Crippen LogP contribution in [0.2, 0.25) is 0 Å². The number of rotatable bonds is 4. The Morgan fingerprint density at radius 2 is 2.00 bits per heavy atom. The van der Waals surface area contributed by atoms with E-state index in [2.05, 4.69) is 16.8 Å². The van der Waals surface area contributed by atoms with Gasteiger partial charge in [0.15, 0.2) is 0 Å². The van der Waals surface area contributed by atoms with E-state index in [0.717, 1.165) is 55.0 Å². The van der Waals surface area contributed by atoms with E-state index in [1.807, 2.05) is 20.0 Å². The van der Waals surface area contributed by atoms with E-state index in [-0.39, 0.29) is 0 Å². The summed E-state index contributed by atoms with van der Waals surface area (Å²) in [6.07, 6.45) is 4.09. The van der Waals surface area contributed by atoms with Crippen LogP contribution in [0.5, 0.6) is 5.75 Å². The number of piperidine rings is 1. The number of ether oxygens (including phenoxy) is 1. The van der Waals surface area contributed by atoms with Crippen molar-refractivity contribution in [3.8, 4) is 5.75 Å². The Kier molecular flexibility index (Phi) is 4.66. The molecule has 1 aromatic heterocycles. The average molecular weight is 278 g/mol. The Bertz CT molecular complexity index is 466. The number of aliphatic hydroxyl groups is 1. The highest BCUT2D eigenvalue weighted by molar-refractivity contribution is 5.41. The highest BCUT2D eigenvalue weighted by Gasteiger charge is 2.33. The Hall–Kier alpha value is -1.13. The van der Waals surface area contributed by atoms with Gasteiger partial charge in [-0.2, -0.15) is 0 Å². The Balaban J connectivity index is 2.14. The number of hydrogen-bond acceptors (Lipinski definition) is 4. The first-order valence-corrected chi connectivity index (χ1v) is 7.43. The van der Waals surface area contributed by atoms with Crippen molar-refractivity contribution in [3.63, 3.8) is 0 Å². The molecule has 0 amide bonds. The van der Waals surface area contributed by atoms with E-state index in [4.69, 9.17) is 4.74 Å². The summed E-state index contributed by atoms with van der Waals surface area (Å²) in [5.74, 6) is 0.893. The van der Waals surface area contributed by atoms with Crippen molar-refractivity contribution in [1.29, 1.82) is 0 Å². The van der Waals surface area contributed by atoms with Crippen LogP contribution in [0.3, 0.4) is 0 Å². The molecule has 0 aromatic carbocycles. The van der Waals surface area contributed by atoms with Crippen molar-refractivity contribution in [1.82, 2.24) is 9.88 Å². The first kappa shape index (κ1) is 15.3. The maximum atomic E-state index is 10.8. The molecule has 2 rings (SSSR count). The zero-order chi connectivity index (χ0) is 14.8. The molecule has 4 heteroatoms. The van der Waals surface area contributed by atoms with Crippen molar-refractivity contribution < 1.29 is 9.84 Å². The van der Waals surface area contributed by atoms with Crippen LogP contribution in [0.15, 0.2) is 6.20 Å². The third-order valence-corrected chi connectivity index (χ3v) is 4.48. The fraction of sp³-hybridized carbons (Fsp3) is 0.688. The van der Waals surface area contributed by atoms with Gasteiger partial charge in [0.25, 0.3) is 0 Å². The number of nitrogens with zero attached hydrogens (tertiary/aromatic N) is 2.